The summed E-state index contributed by atoms with van der Waals surface area (Å²) in [6, 6.07) is 12.9. The molecule has 2 aromatic carbocycles. The van der Waals surface area contributed by atoms with Gasteiger partial charge in [-0.05, 0) is 42.3 Å². The van der Waals surface area contributed by atoms with Gasteiger partial charge in [-0.3, -0.25) is 0 Å². The zero-order valence-corrected chi connectivity index (χ0v) is 13.9. The molecule has 1 heterocycles. The highest BCUT2D eigenvalue weighted by Crippen LogP contribution is 2.27. The van der Waals surface area contributed by atoms with Crippen LogP contribution in [0.5, 0.6) is 11.5 Å². The van der Waals surface area contributed by atoms with Crippen molar-refractivity contribution < 1.29 is 13.9 Å². The smallest absolute Gasteiger partial charge is 0.336 e. The first-order chi connectivity index (χ1) is 11.6. The lowest BCUT2D eigenvalue weighted by atomic mass is 10.1. The molecular weight excluding hydrogens is 306 g/mol. The number of hydrogen-bond donors (Lipinski definition) is 1. The summed E-state index contributed by atoms with van der Waals surface area (Å²) in [6.45, 7) is 2.50. The average molecular weight is 325 g/mol. The van der Waals surface area contributed by atoms with Gasteiger partial charge < -0.3 is 19.2 Å². The highest BCUT2D eigenvalue weighted by molar-refractivity contribution is 5.81. The largest absolute Gasteiger partial charge is 0.497 e. The van der Waals surface area contributed by atoms with Crippen LogP contribution in [0.2, 0.25) is 0 Å². The normalized spacial score (nSPS) is 10.6. The number of nitrogens with one attached hydrogen (secondary N) is 1. The van der Waals surface area contributed by atoms with Crippen LogP contribution in [0, 0.1) is 6.92 Å². The molecule has 0 aliphatic heterocycles. The molecule has 1 N–H and O–H groups in total. The Morgan fingerprint density at radius 2 is 1.88 bits per heavy atom. The summed E-state index contributed by atoms with van der Waals surface area (Å²) in [5, 5.41) is 4.20. The van der Waals surface area contributed by atoms with Crippen molar-refractivity contribution in [3.63, 3.8) is 0 Å². The molecular formula is C19H19NO4. The first kappa shape index (κ1) is 15.9. The van der Waals surface area contributed by atoms with Gasteiger partial charge in [0.25, 0.3) is 0 Å². The number of benzene rings is 2. The number of anilines is 1. The van der Waals surface area contributed by atoms with Gasteiger partial charge >= 0.3 is 5.63 Å². The molecule has 3 aromatic rings. The van der Waals surface area contributed by atoms with Crippen molar-refractivity contribution in [2.75, 3.05) is 19.5 Å². The maximum absolute atomic E-state index is 11.8. The van der Waals surface area contributed by atoms with Crippen LogP contribution in [0.3, 0.4) is 0 Å². The van der Waals surface area contributed by atoms with Crippen LogP contribution in [-0.4, -0.2) is 14.2 Å². The molecule has 0 saturated heterocycles. The maximum atomic E-state index is 11.8. The highest BCUT2D eigenvalue weighted by Gasteiger charge is 2.09. The van der Waals surface area contributed by atoms with Gasteiger partial charge in [-0.2, -0.15) is 0 Å². The van der Waals surface area contributed by atoms with Gasteiger partial charge in [0.1, 0.15) is 17.1 Å². The lowest BCUT2D eigenvalue weighted by Crippen LogP contribution is -2.06. The number of hydrogen-bond acceptors (Lipinski definition) is 5. The maximum Gasteiger partial charge on any atom is 0.336 e. The van der Waals surface area contributed by atoms with Crippen LogP contribution in [0.1, 0.15) is 11.1 Å². The second kappa shape index (κ2) is 6.66. The molecule has 0 amide bonds. The summed E-state index contributed by atoms with van der Waals surface area (Å²) in [6.07, 6.45) is 0. The highest BCUT2D eigenvalue weighted by atomic mass is 16.5. The molecule has 124 valence electrons. The topological polar surface area (TPSA) is 60.7 Å². The predicted octanol–water partition coefficient (Wildman–Crippen LogP) is 3.73. The van der Waals surface area contributed by atoms with E-state index in [0.29, 0.717) is 17.9 Å². The summed E-state index contributed by atoms with van der Waals surface area (Å²) in [5.41, 5.74) is 2.99. The summed E-state index contributed by atoms with van der Waals surface area (Å²) < 4.78 is 15.8. The average Bonchev–Trinajstić information content (AvgIpc) is 2.59. The third-order valence-corrected chi connectivity index (χ3v) is 3.86. The van der Waals surface area contributed by atoms with Crippen molar-refractivity contribution in [2.45, 2.75) is 13.5 Å². The summed E-state index contributed by atoms with van der Waals surface area (Å²) in [5.74, 6) is 1.41. The Balaban J connectivity index is 1.96. The molecule has 0 aliphatic carbocycles. The number of rotatable bonds is 5. The summed E-state index contributed by atoms with van der Waals surface area (Å²) >= 11 is 0. The molecule has 0 aliphatic rings. The fourth-order valence-corrected chi connectivity index (χ4v) is 2.63. The second-order valence-electron chi connectivity index (χ2n) is 5.51. The third-order valence-electron chi connectivity index (χ3n) is 3.86. The van der Waals surface area contributed by atoms with Gasteiger partial charge in [-0.25, -0.2) is 4.79 Å². The van der Waals surface area contributed by atoms with E-state index in [0.717, 1.165) is 28.0 Å². The monoisotopic (exact) mass is 325 g/mol. The van der Waals surface area contributed by atoms with Crippen molar-refractivity contribution in [2.24, 2.45) is 0 Å². The zero-order valence-electron chi connectivity index (χ0n) is 13.9. The van der Waals surface area contributed by atoms with Crippen LogP contribution in [0.4, 0.5) is 5.69 Å². The fourth-order valence-electron chi connectivity index (χ4n) is 2.63. The molecule has 0 spiro atoms. The van der Waals surface area contributed by atoms with Gasteiger partial charge in [0.2, 0.25) is 0 Å². The molecule has 0 radical (unpaired) electrons. The molecule has 5 heteroatoms. The van der Waals surface area contributed by atoms with E-state index in [1.54, 1.807) is 20.3 Å². The van der Waals surface area contributed by atoms with Crippen molar-refractivity contribution in [1.29, 1.82) is 0 Å². The van der Waals surface area contributed by atoms with Crippen molar-refractivity contribution in [1.82, 2.24) is 0 Å². The zero-order chi connectivity index (χ0) is 17.1. The predicted molar refractivity (Wildman–Crippen MR) is 94.1 cm³/mol. The molecule has 3 rings (SSSR count). The SMILES string of the molecule is COc1ccc2c(CNc3cc(C)ccc3OC)cc(=O)oc2c1. The number of fused-ring (bicyclic) bond motifs is 1. The van der Waals surface area contributed by atoms with Crippen molar-refractivity contribution >= 4 is 16.7 Å². The standard InChI is InChI=1S/C19H19NO4/c1-12-4-7-17(23-3)16(8-12)20-11-13-9-19(21)24-18-10-14(22-2)5-6-15(13)18/h4-10,20H,11H2,1-3H3. The van der Waals surface area contributed by atoms with E-state index in [9.17, 15) is 4.79 Å². The van der Waals surface area contributed by atoms with Crippen molar-refractivity contribution in [3.8, 4) is 11.5 Å². The Kier molecular flexibility index (Phi) is 4.42. The van der Waals surface area contributed by atoms with Gasteiger partial charge in [-0.15, -0.1) is 0 Å². The van der Waals surface area contributed by atoms with Crippen LogP contribution in [0.25, 0.3) is 11.0 Å². The molecule has 0 atom stereocenters. The first-order valence-electron chi connectivity index (χ1n) is 7.60. The van der Waals surface area contributed by atoms with E-state index in [2.05, 4.69) is 5.32 Å². The van der Waals surface area contributed by atoms with Crippen molar-refractivity contribution in [3.05, 3.63) is 64.0 Å². The number of methoxy groups -OCH3 is 2. The van der Waals surface area contributed by atoms with E-state index in [4.69, 9.17) is 13.9 Å². The van der Waals surface area contributed by atoms with E-state index in [1.165, 1.54) is 6.07 Å². The Bertz CT molecular complexity index is 930. The fraction of sp³-hybridized carbons (Fsp3) is 0.211. The second-order valence-corrected chi connectivity index (χ2v) is 5.51. The first-order valence-corrected chi connectivity index (χ1v) is 7.60. The molecule has 0 unspecified atom stereocenters. The minimum atomic E-state index is -0.385. The van der Waals surface area contributed by atoms with E-state index < -0.39 is 0 Å². The Hall–Kier alpha value is -2.95. The van der Waals surface area contributed by atoms with E-state index in [-0.39, 0.29) is 5.63 Å². The minimum absolute atomic E-state index is 0.385. The third kappa shape index (κ3) is 3.20. The van der Waals surface area contributed by atoms with Crippen LogP contribution in [-0.2, 0) is 6.54 Å². The van der Waals surface area contributed by atoms with E-state index in [1.807, 2.05) is 37.3 Å². The van der Waals surface area contributed by atoms with Gasteiger partial charge in [0, 0.05) is 24.1 Å². The molecule has 24 heavy (non-hydrogen) atoms. The Labute approximate surface area is 139 Å². The Morgan fingerprint density at radius 3 is 2.62 bits per heavy atom. The minimum Gasteiger partial charge on any atom is -0.497 e. The lowest BCUT2D eigenvalue weighted by Gasteiger charge is -2.13. The van der Waals surface area contributed by atoms with Crippen LogP contribution < -0.4 is 20.4 Å². The van der Waals surface area contributed by atoms with Gasteiger partial charge in [0.05, 0.1) is 19.9 Å². The van der Waals surface area contributed by atoms with Crippen LogP contribution >= 0.6 is 0 Å². The molecule has 5 nitrogen and oxygen atoms in total. The summed E-state index contributed by atoms with van der Waals surface area (Å²) in [7, 11) is 3.21. The van der Waals surface area contributed by atoms with E-state index >= 15 is 0 Å². The summed E-state index contributed by atoms with van der Waals surface area (Å²) in [4.78, 5) is 11.8. The number of ether oxygens (including phenoxy) is 2. The molecule has 0 saturated carbocycles. The van der Waals surface area contributed by atoms with Gasteiger partial charge in [-0.1, -0.05) is 6.07 Å². The van der Waals surface area contributed by atoms with Crippen LogP contribution in [0.15, 0.2) is 51.7 Å². The molecule has 1 aromatic heterocycles. The molecule has 0 fully saturated rings. The van der Waals surface area contributed by atoms with Gasteiger partial charge in [0.15, 0.2) is 0 Å². The molecule has 0 bridgehead atoms. The lowest BCUT2D eigenvalue weighted by molar-refractivity contribution is 0.414. The quantitative estimate of drug-likeness (QED) is 0.724. The number of aryl methyl sites for hydroxylation is 1. The Morgan fingerprint density at radius 1 is 1.04 bits per heavy atom.